The Morgan fingerprint density at radius 1 is 1.03 bits per heavy atom. The van der Waals surface area contributed by atoms with Crippen molar-refractivity contribution in [2.75, 3.05) is 24.4 Å². The Morgan fingerprint density at radius 3 is 2.65 bits per heavy atom. The fourth-order valence-corrected chi connectivity index (χ4v) is 6.56. The van der Waals surface area contributed by atoms with Gasteiger partial charge in [-0.2, -0.15) is 0 Å². The van der Waals surface area contributed by atoms with E-state index in [9.17, 15) is 17.6 Å². The lowest BCUT2D eigenvalue weighted by molar-refractivity contribution is -0.911. The van der Waals surface area contributed by atoms with Crippen LogP contribution in [0.4, 0.5) is 10.1 Å². The summed E-state index contributed by atoms with van der Waals surface area (Å²) >= 11 is 0. The number of likely N-dealkylation sites (tertiary alicyclic amines) is 1. The molecule has 2 aliphatic rings. The zero-order chi connectivity index (χ0) is 23.7. The van der Waals surface area contributed by atoms with Crippen LogP contribution < -0.4 is 15.2 Å². The standard InChI is InChI=1S/C26H28FN3O3S/c27-22-9-4-10-23(15-22)34(32,33)28-24-11-12-25-21-14-20(17-30(25)26(24)31)16-29(18-21)13-5-8-19-6-2-1-3-7-19/h1-4,6-7,9-12,15,20-21,28H,5,8,13-14,16-18H2/p+1/t20-,21+/m0/s1. The maximum atomic E-state index is 13.5. The first kappa shape index (κ1) is 22.8. The van der Waals surface area contributed by atoms with Gasteiger partial charge < -0.3 is 9.47 Å². The number of rotatable bonds is 7. The molecule has 8 heteroatoms. The van der Waals surface area contributed by atoms with Crippen molar-refractivity contribution in [1.82, 2.24) is 4.57 Å². The molecule has 1 fully saturated rings. The van der Waals surface area contributed by atoms with Crippen molar-refractivity contribution >= 4 is 15.7 Å². The third-order valence-electron chi connectivity index (χ3n) is 6.99. The summed E-state index contributed by atoms with van der Waals surface area (Å²) in [6.07, 6.45) is 3.27. The Bertz CT molecular complexity index is 1340. The molecule has 0 radical (unpaired) electrons. The zero-order valence-corrected chi connectivity index (χ0v) is 19.7. The van der Waals surface area contributed by atoms with E-state index in [1.165, 1.54) is 23.8 Å². The van der Waals surface area contributed by atoms with Crippen LogP contribution in [0.15, 0.2) is 76.4 Å². The molecule has 0 amide bonds. The number of hydrogen-bond acceptors (Lipinski definition) is 3. The lowest BCUT2D eigenvalue weighted by atomic mass is 9.83. The number of aryl methyl sites for hydroxylation is 1. The van der Waals surface area contributed by atoms with Gasteiger partial charge in [0.1, 0.15) is 11.5 Å². The molecule has 3 atom stereocenters. The molecule has 3 aromatic rings. The number of halogens is 1. The summed E-state index contributed by atoms with van der Waals surface area (Å²) < 4.78 is 43.0. The largest absolute Gasteiger partial charge is 0.334 e. The van der Waals surface area contributed by atoms with Crippen LogP contribution in [0.1, 0.15) is 30.0 Å². The summed E-state index contributed by atoms with van der Waals surface area (Å²) in [6.45, 7) is 3.72. The Balaban J connectivity index is 1.29. The molecule has 0 saturated carbocycles. The van der Waals surface area contributed by atoms with Gasteiger partial charge in [0, 0.05) is 30.5 Å². The normalized spacial score (nSPS) is 21.6. The molecule has 0 aliphatic carbocycles. The highest BCUT2D eigenvalue weighted by Gasteiger charge is 2.37. The second-order valence-corrected chi connectivity index (χ2v) is 11.1. The SMILES string of the molecule is O=c1c(NS(=O)(=O)c2cccc(F)c2)ccc2n1C[C@H]1C[C@@H]2C[NH+](CCCc2ccccc2)C1. The fraction of sp³-hybridized carbons (Fsp3) is 0.346. The number of hydrogen-bond donors (Lipinski definition) is 2. The van der Waals surface area contributed by atoms with Gasteiger partial charge >= 0.3 is 0 Å². The summed E-state index contributed by atoms with van der Waals surface area (Å²) in [5.41, 5.74) is 2.01. The van der Waals surface area contributed by atoms with Gasteiger partial charge in [-0.1, -0.05) is 36.4 Å². The number of nitrogens with zero attached hydrogens (tertiary/aromatic N) is 1. The smallest absolute Gasteiger partial charge is 0.275 e. The highest BCUT2D eigenvalue weighted by molar-refractivity contribution is 7.92. The van der Waals surface area contributed by atoms with Crippen LogP contribution in [0.2, 0.25) is 0 Å². The quantitative estimate of drug-likeness (QED) is 0.543. The third-order valence-corrected chi connectivity index (χ3v) is 8.35. The summed E-state index contributed by atoms with van der Waals surface area (Å²) in [4.78, 5) is 14.6. The monoisotopic (exact) mass is 482 g/mol. The first-order valence-electron chi connectivity index (χ1n) is 11.8. The predicted molar refractivity (Wildman–Crippen MR) is 129 cm³/mol. The van der Waals surface area contributed by atoms with Crippen molar-refractivity contribution in [3.05, 3.63) is 94.2 Å². The number of sulfonamides is 1. The molecule has 3 heterocycles. The van der Waals surface area contributed by atoms with E-state index >= 15 is 0 Å². The van der Waals surface area contributed by atoms with Gasteiger partial charge in [0.15, 0.2) is 0 Å². The minimum absolute atomic E-state index is 0.0000452. The van der Waals surface area contributed by atoms with Gasteiger partial charge in [-0.05, 0) is 48.7 Å². The lowest BCUT2D eigenvalue weighted by Crippen LogP contribution is -3.14. The Kier molecular flexibility index (Phi) is 6.27. The van der Waals surface area contributed by atoms with Crippen LogP contribution in [0.3, 0.4) is 0 Å². The maximum absolute atomic E-state index is 13.5. The number of piperidine rings is 1. The van der Waals surface area contributed by atoms with Crippen molar-refractivity contribution in [1.29, 1.82) is 0 Å². The van der Waals surface area contributed by atoms with E-state index in [0.29, 0.717) is 18.4 Å². The molecule has 2 aliphatic heterocycles. The average Bonchev–Trinajstić information content (AvgIpc) is 2.82. The number of pyridine rings is 1. The van der Waals surface area contributed by atoms with Crippen molar-refractivity contribution < 1.29 is 17.7 Å². The van der Waals surface area contributed by atoms with Crippen LogP contribution in [-0.2, 0) is 23.0 Å². The van der Waals surface area contributed by atoms with Crippen LogP contribution in [0, 0.1) is 11.7 Å². The molecule has 2 N–H and O–H groups in total. The minimum Gasteiger partial charge on any atom is -0.334 e. The van der Waals surface area contributed by atoms with Gasteiger partial charge in [0.05, 0.1) is 24.5 Å². The lowest BCUT2D eigenvalue weighted by Gasteiger charge is -2.40. The van der Waals surface area contributed by atoms with E-state index in [4.69, 9.17) is 0 Å². The predicted octanol–water partition coefficient (Wildman–Crippen LogP) is 2.42. The van der Waals surface area contributed by atoms with Crippen LogP contribution in [0.25, 0.3) is 0 Å². The van der Waals surface area contributed by atoms with Gasteiger partial charge in [-0.15, -0.1) is 0 Å². The van der Waals surface area contributed by atoms with Crippen molar-refractivity contribution in [3.8, 4) is 0 Å². The van der Waals surface area contributed by atoms with E-state index in [1.54, 1.807) is 15.5 Å². The summed E-state index contributed by atoms with van der Waals surface area (Å²) in [5.74, 6) is 0.0419. The molecule has 178 valence electrons. The fourth-order valence-electron chi connectivity index (χ4n) is 5.48. The van der Waals surface area contributed by atoms with Gasteiger partial charge in [0.2, 0.25) is 0 Å². The van der Waals surface area contributed by atoms with Crippen LogP contribution >= 0.6 is 0 Å². The molecular formula is C26H29FN3O3S+. The Hall–Kier alpha value is -2.97. The van der Waals surface area contributed by atoms with Crippen molar-refractivity contribution in [2.24, 2.45) is 5.92 Å². The second kappa shape index (κ2) is 9.35. The first-order valence-corrected chi connectivity index (χ1v) is 13.3. The second-order valence-electron chi connectivity index (χ2n) is 9.45. The molecule has 2 bridgehead atoms. The molecule has 2 aromatic carbocycles. The van der Waals surface area contributed by atoms with Crippen molar-refractivity contribution in [3.63, 3.8) is 0 Å². The molecule has 1 unspecified atom stereocenters. The van der Waals surface area contributed by atoms with Crippen LogP contribution in [0.5, 0.6) is 0 Å². The Labute approximate surface area is 199 Å². The molecular weight excluding hydrogens is 453 g/mol. The van der Waals surface area contributed by atoms with E-state index in [1.807, 2.05) is 12.1 Å². The third kappa shape index (κ3) is 4.79. The minimum atomic E-state index is -4.05. The number of aromatic nitrogens is 1. The van der Waals surface area contributed by atoms with E-state index < -0.39 is 15.8 Å². The highest BCUT2D eigenvalue weighted by Crippen LogP contribution is 2.31. The van der Waals surface area contributed by atoms with E-state index in [-0.39, 0.29) is 16.1 Å². The Morgan fingerprint density at radius 2 is 1.85 bits per heavy atom. The molecule has 0 spiro atoms. The summed E-state index contributed by atoms with van der Waals surface area (Å²) in [7, 11) is -4.05. The summed E-state index contributed by atoms with van der Waals surface area (Å²) in [5, 5.41) is 0. The number of benzene rings is 2. The molecule has 5 rings (SSSR count). The topological polar surface area (TPSA) is 72.6 Å². The molecule has 1 aromatic heterocycles. The van der Waals surface area contributed by atoms with Gasteiger partial charge in [-0.3, -0.25) is 9.52 Å². The molecule has 6 nitrogen and oxygen atoms in total. The van der Waals surface area contributed by atoms with E-state index in [2.05, 4.69) is 29.0 Å². The zero-order valence-electron chi connectivity index (χ0n) is 18.9. The van der Waals surface area contributed by atoms with Gasteiger partial charge in [0.25, 0.3) is 15.6 Å². The molecule has 34 heavy (non-hydrogen) atoms. The van der Waals surface area contributed by atoms with Crippen LogP contribution in [-0.4, -0.2) is 32.6 Å². The number of anilines is 1. The van der Waals surface area contributed by atoms with E-state index in [0.717, 1.165) is 50.7 Å². The molecule has 1 saturated heterocycles. The first-order chi connectivity index (χ1) is 16.4. The number of fused-ring (bicyclic) bond motifs is 4. The summed E-state index contributed by atoms with van der Waals surface area (Å²) in [6, 6.07) is 18.7. The van der Waals surface area contributed by atoms with Gasteiger partial charge in [-0.25, -0.2) is 12.8 Å². The average molecular weight is 483 g/mol. The number of nitrogens with one attached hydrogen (secondary N) is 2. The van der Waals surface area contributed by atoms with Crippen molar-refractivity contribution in [2.45, 2.75) is 36.6 Å². The highest BCUT2D eigenvalue weighted by atomic mass is 32.2. The number of quaternary nitrogens is 1. The maximum Gasteiger partial charge on any atom is 0.275 e.